The lowest BCUT2D eigenvalue weighted by Crippen LogP contribution is -1.90. The molecule has 0 aliphatic rings. The van der Waals surface area contributed by atoms with Gasteiger partial charge in [-0.25, -0.2) is 0 Å². The molecule has 1 heterocycles. The van der Waals surface area contributed by atoms with Gasteiger partial charge in [-0.2, -0.15) is 0 Å². The number of methoxy groups -OCH3 is 1. The highest BCUT2D eigenvalue weighted by Crippen LogP contribution is 2.31. The van der Waals surface area contributed by atoms with Gasteiger partial charge in [0.15, 0.2) is 0 Å². The summed E-state index contributed by atoms with van der Waals surface area (Å²) in [5, 5.41) is 4.92. The molecular weight excluding hydrogens is 258 g/mol. The van der Waals surface area contributed by atoms with Crippen molar-refractivity contribution >= 4 is 34.0 Å². The molecule has 0 spiro atoms. The highest BCUT2D eigenvalue weighted by molar-refractivity contribution is 6.09. The van der Waals surface area contributed by atoms with Crippen LogP contribution in [0.5, 0.6) is 5.75 Å². The molecule has 0 bridgehead atoms. The van der Waals surface area contributed by atoms with E-state index in [4.69, 9.17) is 4.74 Å². The maximum Gasteiger partial charge on any atom is 0.119 e. The average molecular weight is 274 g/mol. The Morgan fingerprint density at radius 3 is 2.42 bits per heavy atom. The Kier molecular flexibility index (Phi) is 3.63. The number of halogens is 1. The smallest absolute Gasteiger partial charge is 0.119 e. The van der Waals surface area contributed by atoms with Crippen molar-refractivity contribution in [2.75, 3.05) is 7.11 Å². The fourth-order valence-corrected chi connectivity index (χ4v) is 2.41. The highest BCUT2D eigenvalue weighted by atomic mass is 35.5. The molecule has 0 aliphatic carbocycles. The Balaban J connectivity index is 0.00000133. The lowest BCUT2D eigenvalue weighted by atomic mass is 9.98. The van der Waals surface area contributed by atoms with E-state index in [1.165, 1.54) is 27.1 Å². The first-order chi connectivity index (χ1) is 8.70. The fourth-order valence-electron chi connectivity index (χ4n) is 2.41. The SMILES string of the molecule is COc1ccc2ccc3cnc(C)c(C)c3c2c1.Cl. The zero-order valence-corrected chi connectivity index (χ0v) is 12.0. The monoisotopic (exact) mass is 273 g/mol. The molecule has 3 heteroatoms. The van der Waals surface area contributed by atoms with Crippen LogP contribution in [0.2, 0.25) is 0 Å². The van der Waals surface area contributed by atoms with Gasteiger partial charge in [-0.15, -0.1) is 12.4 Å². The van der Waals surface area contributed by atoms with E-state index in [-0.39, 0.29) is 12.4 Å². The topological polar surface area (TPSA) is 22.1 Å². The first kappa shape index (κ1) is 13.6. The Morgan fingerprint density at radius 1 is 1.00 bits per heavy atom. The molecule has 19 heavy (non-hydrogen) atoms. The molecule has 1 aromatic heterocycles. The number of hydrogen-bond donors (Lipinski definition) is 0. The maximum atomic E-state index is 5.33. The second-order valence-electron chi connectivity index (χ2n) is 4.59. The minimum atomic E-state index is 0. The van der Waals surface area contributed by atoms with Gasteiger partial charge in [-0.1, -0.05) is 18.2 Å². The van der Waals surface area contributed by atoms with Crippen molar-refractivity contribution in [1.82, 2.24) is 4.98 Å². The van der Waals surface area contributed by atoms with Crippen LogP contribution in [0.1, 0.15) is 11.3 Å². The molecule has 3 rings (SSSR count). The Morgan fingerprint density at radius 2 is 1.68 bits per heavy atom. The number of pyridine rings is 1. The zero-order chi connectivity index (χ0) is 12.7. The maximum absolute atomic E-state index is 5.33. The van der Waals surface area contributed by atoms with E-state index < -0.39 is 0 Å². The third kappa shape index (κ3) is 2.13. The van der Waals surface area contributed by atoms with Gasteiger partial charge >= 0.3 is 0 Å². The largest absolute Gasteiger partial charge is 0.497 e. The van der Waals surface area contributed by atoms with Gasteiger partial charge in [-0.3, -0.25) is 4.98 Å². The standard InChI is InChI=1S/C16H15NO.ClH/c1-10-11(2)17-9-13-5-4-12-6-7-14(18-3)8-15(12)16(10)13;/h4-9H,1-3H3;1H. The molecule has 2 aromatic carbocycles. The molecule has 3 aromatic rings. The van der Waals surface area contributed by atoms with Crippen molar-refractivity contribution in [3.05, 3.63) is 47.8 Å². The molecule has 2 nitrogen and oxygen atoms in total. The molecule has 98 valence electrons. The van der Waals surface area contributed by atoms with Gasteiger partial charge in [0.2, 0.25) is 0 Å². The van der Waals surface area contributed by atoms with Crippen molar-refractivity contribution in [3.8, 4) is 5.75 Å². The van der Waals surface area contributed by atoms with Crippen LogP contribution in [0.4, 0.5) is 0 Å². The third-order valence-corrected chi connectivity index (χ3v) is 3.58. The molecule has 0 radical (unpaired) electrons. The lowest BCUT2D eigenvalue weighted by Gasteiger charge is -2.10. The van der Waals surface area contributed by atoms with E-state index in [9.17, 15) is 0 Å². The Hall–Kier alpha value is -1.80. The predicted molar refractivity (Wildman–Crippen MR) is 82.5 cm³/mol. The molecule has 0 amide bonds. The number of ether oxygens (including phenoxy) is 1. The van der Waals surface area contributed by atoms with Crippen LogP contribution in [0.3, 0.4) is 0 Å². The van der Waals surface area contributed by atoms with Gasteiger partial charge in [-0.05, 0) is 47.7 Å². The molecule has 0 unspecified atom stereocenters. The fraction of sp³-hybridized carbons (Fsp3) is 0.188. The number of rotatable bonds is 1. The summed E-state index contributed by atoms with van der Waals surface area (Å²) in [5.74, 6) is 0.892. The summed E-state index contributed by atoms with van der Waals surface area (Å²) in [5.41, 5.74) is 2.32. The second-order valence-corrected chi connectivity index (χ2v) is 4.59. The van der Waals surface area contributed by atoms with Gasteiger partial charge in [0, 0.05) is 17.3 Å². The normalized spacial score (nSPS) is 10.5. The van der Waals surface area contributed by atoms with Crippen molar-refractivity contribution in [2.24, 2.45) is 0 Å². The van der Waals surface area contributed by atoms with E-state index in [0.29, 0.717) is 0 Å². The van der Waals surface area contributed by atoms with E-state index in [0.717, 1.165) is 11.4 Å². The van der Waals surface area contributed by atoms with Crippen LogP contribution < -0.4 is 4.74 Å². The Bertz CT molecular complexity index is 752. The van der Waals surface area contributed by atoms with E-state index >= 15 is 0 Å². The lowest BCUT2D eigenvalue weighted by molar-refractivity contribution is 0.415. The van der Waals surface area contributed by atoms with Crippen molar-refractivity contribution in [1.29, 1.82) is 0 Å². The van der Waals surface area contributed by atoms with Crippen LogP contribution in [0, 0.1) is 13.8 Å². The molecule has 0 fully saturated rings. The van der Waals surface area contributed by atoms with Crippen LogP contribution in [-0.2, 0) is 0 Å². The van der Waals surface area contributed by atoms with Crippen molar-refractivity contribution in [2.45, 2.75) is 13.8 Å². The van der Waals surface area contributed by atoms with Crippen LogP contribution in [0.25, 0.3) is 21.5 Å². The van der Waals surface area contributed by atoms with Crippen molar-refractivity contribution < 1.29 is 4.74 Å². The van der Waals surface area contributed by atoms with Crippen molar-refractivity contribution in [3.63, 3.8) is 0 Å². The Labute approximate surface area is 118 Å². The van der Waals surface area contributed by atoms with Gasteiger partial charge in [0.05, 0.1) is 7.11 Å². The van der Waals surface area contributed by atoms with Crippen LogP contribution in [-0.4, -0.2) is 12.1 Å². The number of hydrogen-bond acceptors (Lipinski definition) is 2. The number of fused-ring (bicyclic) bond motifs is 3. The van der Waals surface area contributed by atoms with Gasteiger partial charge in [0.1, 0.15) is 5.75 Å². The summed E-state index contributed by atoms with van der Waals surface area (Å²) in [7, 11) is 1.70. The number of nitrogens with zero attached hydrogens (tertiary/aromatic N) is 1. The van der Waals surface area contributed by atoms with E-state index in [1.807, 2.05) is 19.2 Å². The summed E-state index contributed by atoms with van der Waals surface area (Å²) < 4.78 is 5.33. The molecule has 0 saturated heterocycles. The minimum absolute atomic E-state index is 0. The predicted octanol–water partition coefficient (Wildman–Crippen LogP) is 4.44. The summed E-state index contributed by atoms with van der Waals surface area (Å²) in [6, 6.07) is 10.5. The number of benzene rings is 2. The number of aryl methyl sites for hydroxylation is 2. The number of aromatic nitrogens is 1. The average Bonchev–Trinajstić information content (AvgIpc) is 2.41. The molecule has 0 saturated carbocycles. The molecule has 0 atom stereocenters. The van der Waals surface area contributed by atoms with Crippen LogP contribution >= 0.6 is 12.4 Å². The highest BCUT2D eigenvalue weighted by Gasteiger charge is 2.07. The van der Waals surface area contributed by atoms with E-state index in [1.54, 1.807) is 7.11 Å². The van der Waals surface area contributed by atoms with Gasteiger partial charge < -0.3 is 4.74 Å². The molecule has 0 aliphatic heterocycles. The summed E-state index contributed by atoms with van der Waals surface area (Å²) in [4.78, 5) is 4.42. The molecular formula is C16H16ClNO. The molecule has 0 N–H and O–H groups in total. The van der Waals surface area contributed by atoms with Gasteiger partial charge in [0.25, 0.3) is 0 Å². The van der Waals surface area contributed by atoms with Crippen LogP contribution in [0.15, 0.2) is 36.5 Å². The quantitative estimate of drug-likeness (QED) is 0.612. The third-order valence-electron chi connectivity index (χ3n) is 3.58. The summed E-state index contributed by atoms with van der Waals surface area (Å²) >= 11 is 0. The van der Waals surface area contributed by atoms with E-state index in [2.05, 4.69) is 36.2 Å². The minimum Gasteiger partial charge on any atom is -0.497 e. The summed E-state index contributed by atoms with van der Waals surface area (Å²) in [6.45, 7) is 4.18. The second kappa shape index (κ2) is 5.06. The summed E-state index contributed by atoms with van der Waals surface area (Å²) in [6.07, 6.45) is 1.94. The first-order valence-electron chi connectivity index (χ1n) is 6.03. The first-order valence-corrected chi connectivity index (χ1v) is 6.03. The zero-order valence-electron chi connectivity index (χ0n) is 11.2.